The lowest BCUT2D eigenvalue weighted by Crippen LogP contribution is -2.55. The summed E-state index contributed by atoms with van der Waals surface area (Å²) in [4.78, 5) is 2.51. The molecule has 0 heterocycles. The summed E-state index contributed by atoms with van der Waals surface area (Å²) in [6, 6.07) is 43.3. The zero-order valence-corrected chi connectivity index (χ0v) is 22.3. The molecule has 5 aromatic rings. The predicted octanol–water partition coefficient (Wildman–Crippen LogP) is 10.0. The molecule has 1 spiro atoms. The highest BCUT2D eigenvalue weighted by Crippen LogP contribution is 2.70. The Labute approximate surface area is 231 Å². The fourth-order valence-electron chi connectivity index (χ4n) is 9.69. The number of para-hydroxylation sites is 1. The third-order valence-electron chi connectivity index (χ3n) is 10.8. The number of benzene rings is 5. The first-order valence-corrected chi connectivity index (χ1v) is 14.9. The maximum absolute atomic E-state index is 2.51. The smallest absolute Gasteiger partial charge is 0.0543 e. The van der Waals surface area contributed by atoms with E-state index in [0.717, 1.165) is 23.7 Å². The molecule has 190 valence electrons. The lowest BCUT2D eigenvalue weighted by molar-refractivity contribution is -0.0399. The van der Waals surface area contributed by atoms with E-state index >= 15 is 0 Å². The van der Waals surface area contributed by atoms with Gasteiger partial charge < -0.3 is 4.90 Å². The number of nitrogens with zero attached hydrogens (tertiary/aromatic N) is 1. The van der Waals surface area contributed by atoms with Crippen LogP contribution in [0.1, 0.15) is 43.2 Å². The second-order valence-corrected chi connectivity index (χ2v) is 12.6. The minimum atomic E-state index is 0.182. The van der Waals surface area contributed by atoms with Crippen molar-refractivity contribution in [3.05, 3.63) is 126 Å². The van der Waals surface area contributed by atoms with Crippen molar-refractivity contribution in [1.82, 2.24) is 0 Å². The van der Waals surface area contributed by atoms with Gasteiger partial charge in [0.05, 0.1) is 5.69 Å². The topological polar surface area (TPSA) is 3.24 Å². The average Bonchev–Trinajstić information content (AvgIpc) is 3.28. The molecule has 5 aliphatic carbocycles. The van der Waals surface area contributed by atoms with Crippen LogP contribution in [-0.2, 0) is 5.41 Å². The molecule has 0 saturated heterocycles. The monoisotopic (exact) mass is 503 g/mol. The van der Waals surface area contributed by atoms with Crippen molar-refractivity contribution in [1.29, 1.82) is 0 Å². The first kappa shape index (κ1) is 22.0. The molecule has 1 heteroatoms. The van der Waals surface area contributed by atoms with E-state index in [2.05, 4.69) is 120 Å². The summed E-state index contributed by atoms with van der Waals surface area (Å²) in [5.41, 5.74) is 10.1. The fourth-order valence-corrected chi connectivity index (χ4v) is 9.69. The van der Waals surface area contributed by atoms with Crippen LogP contribution in [0.25, 0.3) is 21.9 Å². The molecule has 0 amide bonds. The van der Waals surface area contributed by atoms with Gasteiger partial charge in [-0.25, -0.2) is 0 Å². The third kappa shape index (κ3) is 2.96. The van der Waals surface area contributed by atoms with E-state index in [0.29, 0.717) is 0 Å². The van der Waals surface area contributed by atoms with Crippen LogP contribution in [0.2, 0.25) is 0 Å². The van der Waals surface area contributed by atoms with Crippen molar-refractivity contribution in [3.8, 4) is 11.1 Å². The minimum absolute atomic E-state index is 0.182. The van der Waals surface area contributed by atoms with Crippen LogP contribution in [0.5, 0.6) is 0 Å². The number of fused-ring (bicyclic) bond motifs is 4. The van der Waals surface area contributed by atoms with Crippen molar-refractivity contribution in [2.24, 2.45) is 23.7 Å². The van der Waals surface area contributed by atoms with E-state index < -0.39 is 0 Å². The van der Waals surface area contributed by atoms with Gasteiger partial charge in [0.2, 0.25) is 0 Å². The van der Waals surface area contributed by atoms with Crippen LogP contribution in [0.15, 0.2) is 115 Å². The van der Waals surface area contributed by atoms with Crippen LogP contribution in [0.3, 0.4) is 0 Å². The van der Waals surface area contributed by atoms with Crippen molar-refractivity contribution < 1.29 is 0 Å². The van der Waals surface area contributed by atoms with Crippen molar-refractivity contribution in [2.45, 2.75) is 37.5 Å². The molecule has 10 rings (SSSR count). The second kappa shape index (κ2) is 8.09. The second-order valence-electron chi connectivity index (χ2n) is 12.6. The van der Waals surface area contributed by atoms with Gasteiger partial charge >= 0.3 is 0 Å². The highest BCUT2D eigenvalue weighted by Gasteiger charge is 2.61. The van der Waals surface area contributed by atoms with E-state index in [4.69, 9.17) is 0 Å². The average molecular weight is 504 g/mol. The zero-order chi connectivity index (χ0) is 25.6. The molecular weight excluding hydrogens is 470 g/mol. The molecule has 0 atom stereocenters. The van der Waals surface area contributed by atoms with E-state index in [1.165, 1.54) is 71.1 Å². The summed E-state index contributed by atoms with van der Waals surface area (Å²) in [7, 11) is 0. The van der Waals surface area contributed by atoms with E-state index in [1.807, 2.05) is 0 Å². The zero-order valence-electron chi connectivity index (χ0n) is 22.3. The van der Waals surface area contributed by atoms with Crippen molar-refractivity contribution in [2.75, 3.05) is 4.90 Å². The molecular formula is C38H33N. The molecule has 4 bridgehead atoms. The van der Waals surface area contributed by atoms with Crippen molar-refractivity contribution >= 4 is 27.8 Å². The molecule has 0 radical (unpaired) electrons. The van der Waals surface area contributed by atoms with Crippen LogP contribution < -0.4 is 4.90 Å². The van der Waals surface area contributed by atoms with Gasteiger partial charge in [0, 0.05) is 22.4 Å². The lowest BCUT2D eigenvalue weighted by Gasteiger charge is -2.61. The van der Waals surface area contributed by atoms with E-state index in [9.17, 15) is 0 Å². The fraction of sp³-hybridized carbons (Fsp3) is 0.263. The molecule has 5 aliphatic rings. The lowest BCUT2D eigenvalue weighted by atomic mass is 9.43. The van der Waals surface area contributed by atoms with E-state index in [-0.39, 0.29) is 5.41 Å². The van der Waals surface area contributed by atoms with Gasteiger partial charge in [-0.15, -0.1) is 0 Å². The Bertz CT molecular complexity index is 1700. The Morgan fingerprint density at radius 2 is 1.18 bits per heavy atom. The number of hydrogen-bond donors (Lipinski definition) is 0. The van der Waals surface area contributed by atoms with Gasteiger partial charge in [0.1, 0.15) is 0 Å². The van der Waals surface area contributed by atoms with E-state index in [1.54, 1.807) is 11.1 Å². The first-order valence-electron chi connectivity index (χ1n) is 14.9. The Kier molecular flexibility index (Phi) is 4.57. The highest BCUT2D eigenvalue weighted by atomic mass is 15.1. The van der Waals surface area contributed by atoms with Gasteiger partial charge in [-0.05, 0) is 114 Å². The van der Waals surface area contributed by atoms with Gasteiger partial charge in [-0.2, -0.15) is 0 Å². The number of rotatable bonds is 3. The standard InChI is InChI=1S/C38H33N/c1-2-11-31(12-3-1)39(32-18-17-27-9-4-5-10-28(27)24-32)36-16-8-15-35-37(36)33-13-6-7-14-34(33)38(35)29-20-25-19-26(22-29)23-30(38)21-25/h1-18,24-26,29-30H,19-23H2. The molecule has 39 heavy (non-hydrogen) atoms. The molecule has 0 aliphatic heterocycles. The van der Waals surface area contributed by atoms with Crippen LogP contribution in [0, 0.1) is 23.7 Å². The van der Waals surface area contributed by atoms with Crippen LogP contribution in [-0.4, -0.2) is 0 Å². The third-order valence-corrected chi connectivity index (χ3v) is 10.8. The Hall–Kier alpha value is -3.84. The molecule has 0 aromatic heterocycles. The Morgan fingerprint density at radius 1 is 0.513 bits per heavy atom. The van der Waals surface area contributed by atoms with Crippen LogP contribution >= 0.6 is 0 Å². The first-order chi connectivity index (χ1) is 19.3. The van der Waals surface area contributed by atoms with Gasteiger partial charge in [-0.3, -0.25) is 0 Å². The van der Waals surface area contributed by atoms with Crippen LogP contribution in [0.4, 0.5) is 17.1 Å². The van der Waals surface area contributed by atoms with Crippen molar-refractivity contribution in [3.63, 3.8) is 0 Å². The quantitative estimate of drug-likeness (QED) is 0.237. The predicted molar refractivity (Wildman–Crippen MR) is 162 cm³/mol. The maximum atomic E-state index is 2.51. The molecule has 4 fully saturated rings. The molecule has 0 N–H and O–H groups in total. The summed E-state index contributed by atoms with van der Waals surface area (Å²) in [6.45, 7) is 0. The molecule has 0 unspecified atom stereocenters. The number of hydrogen-bond acceptors (Lipinski definition) is 1. The van der Waals surface area contributed by atoms with Gasteiger partial charge in [0.25, 0.3) is 0 Å². The Balaban J connectivity index is 1.32. The Morgan fingerprint density at radius 3 is 1.97 bits per heavy atom. The number of anilines is 3. The molecule has 1 nitrogen and oxygen atoms in total. The summed E-state index contributed by atoms with van der Waals surface area (Å²) < 4.78 is 0. The van der Waals surface area contributed by atoms with Gasteiger partial charge in [-0.1, -0.05) is 84.9 Å². The normalized spacial score (nSPS) is 27.6. The summed E-state index contributed by atoms with van der Waals surface area (Å²) >= 11 is 0. The van der Waals surface area contributed by atoms with Gasteiger partial charge in [0.15, 0.2) is 0 Å². The summed E-state index contributed by atoms with van der Waals surface area (Å²) in [5.74, 6) is 3.46. The SMILES string of the molecule is c1ccc(N(c2ccc3ccccc3c2)c2cccc3c2-c2ccccc2C32C3CC4CC(C3)CC2C4)cc1. The summed E-state index contributed by atoms with van der Waals surface area (Å²) in [6.07, 6.45) is 7.15. The maximum Gasteiger partial charge on any atom is 0.0543 e. The molecule has 4 saturated carbocycles. The minimum Gasteiger partial charge on any atom is -0.310 e. The summed E-state index contributed by atoms with van der Waals surface area (Å²) in [5, 5.41) is 2.56. The highest BCUT2D eigenvalue weighted by molar-refractivity contribution is 5.97. The largest absolute Gasteiger partial charge is 0.310 e. The molecule has 5 aromatic carbocycles.